The van der Waals surface area contributed by atoms with Crippen LogP contribution >= 0.6 is 0 Å². The summed E-state index contributed by atoms with van der Waals surface area (Å²) in [6.45, 7) is -0.109. The Kier molecular flexibility index (Phi) is 4.60. The van der Waals surface area contributed by atoms with Crippen LogP contribution in [0.3, 0.4) is 0 Å². The molecule has 21 heavy (non-hydrogen) atoms. The molecule has 1 aromatic carbocycles. The van der Waals surface area contributed by atoms with E-state index in [4.69, 9.17) is 5.11 Å². The van der Waals surface area contributed by atoms with Crippen molar-refractivity contribution >= 4 is 16.0 Å². The Balaban J connectivity index is 2.41. The summed E-state index contributed by atoms with van der Waals surface area (Å²) in [4.78, 5) is 10.2. The van der Waals surface area contributed by atoms with Crippen LogP contribution in [0.1, 0.15) is 29.6 Å². The van der Waals surface area contributed by atoms with Crippen LogP contribution in [0.2, 0.25) is 0 Å². The van der Waals surface area contributed by atoms with Crippen molar-refractivity contribution in [1.82, 2.24) is 4.31 Å². The Hall–Kier alpha value is -1.51. The summed E-state index contributed by atoms with van der Waals surface area (Å²) in [5.74, 6) is -2.43. The maximum atomic E-state index is 14.0. The van der Waals surface area contributed by atoms with Crippen LogP contribution in [0.5, 0.6) is 0 Å². The van der Waals surface area contributed by atoms with Gasteiger partial charge in [0.2, 0.25) is 10.0 Å². The highest BCUT2D eigenvalue weighted by Crippen LogP contribution is 2.27. The highest BCUT2D eigenvalue weighted by atomic mass is 32.2. The highest BCUT2D eigenvalue weighted by Gasteiger charge is 2.34. The summed E-state index contributed by atoms with van der Waals surface area (Å²) in [6.07, 6.45) is 1.97. The predicted molar refractivity (Wildman–Crippen MR) is 72.0 cm³/mol. The van der Waals surface area contributed by atoms with Crippen molar-refractivity contribution in [1.29, 1.82) is 0 Å². The van der Waals surface area contributed by atoms with Gasteiger partial charge >= 0.3 is 5.97 Å². The van der Waals surface area contributed by atoms with Gasteiger partial charge in [-0.05, 0) is 31.0 Å². The number of sulfonamides is 1. The number of benzene rings is 1. The zero-order valence-corrected chi connectivity index (χ0v) is 12.0. The molecule has 0 saturated carbocycles. The van der Waals surface area contributed by atoms with E-state index in [0.29, 0.717) is 18.9 Å². The second kappa shape index (κ2) is 6.08. The van der Waals surface area contributed by atoms with E-state index in [-0.39, 0.29) is 18.7 Å². The summed E-state index contributed by atoms with van der Waals surface area (Å²) < 4.78 is 40.0. The van der Waals surface area contributed by atoms with Crippen molar-refractivity contribution in [2.45, 2.75) is 30.2 Å². The number of nitrogens with zero attached hydrogens (tertiary/aromatic N) is 1. The topological polar surface area (TPSA) is 94.9 Å². The standard InChI is InChI=1S/C13H16FNO5S/c14-11-7-9(13(17)18)4-5-12(11)21(19,20)15-6-2-1-3-10(15)8-16/h4-5,7,10,16H,1-3,6,8H2,(H,17,18). The van der Waals surface area contributed by atoms with Gasteiger partial charge < -0.3 is 10.2 Å². The molecule has 1 atom stereocenters. The summed E-state index contributed by atoms with van der Waals surface area (Å²) >= 11 is 0. The molecule has 0 bridgehead atoms. The van der Waals surface area contributed by atoms with Crippen LogP contribution in [0, 0.1) is 5.82 Å². The summed E-state index contributed by atoms with van der Waals surface area (Å²) in [7, 11) is -4.09. The van der Waals surface area contributed by atoms with Crippen molar-refractivity contribution in [3.05, 3.63) is 29.6 Å². The van der Waals surface area contributed by atoms with Crippen LogP contribution in [0.15, 0.2) is 23.1 Å². The number of hydrogen-bond acceptors (Lipinski definition) is 4. The van der Waals surface area contributed by atoms with Gasteiger partial charge in [-0.25, -0.2) is 17.6 Å². The number of carboxylic acid groups (broad SMARTS) is 1. The molecule has 0 amide bonds. The van der Waals surface area contributed by atoms with Crippen molar-refractivity contribution in [2.75, 3.05) is 13.2 Å². The Morgan fingerprint density at radius 1 is 1.38 bits per heavy atom. The third kappa shape index (κ3) is 3.07. The minimum absolute atomic E-state index is 0.216. The van der Waals surface area contributed by atoms with Crippen molar-refractivity contribution in [2.24, 2.45) is 0 Å². The first kappa shape index (κ1) is 15.9. The lowest BCUT2D eigenvalue weighted by molar-refractivity contribution is 0.0696. The Morgan fingerprint density at radius 3 is 2.67 bits per heavy atom. The third-order valence-electron chi connectivity index (χ3n) is 3.55. The molecule has 8 heteroatoms. The van der Waals surface area contributed by atoms with Gasteiger partial charge in [0, 0.05) is 12.6 Å². The monoisotopic (exact) mass is 317 g/mol. The van der Waals surface area contributed by atoms with Gasteiger partial charge in [-0.15, -0.1) is 0 Å². The number of aromatic carboxylic acids is 1. The van der Waals surface area contributed by atoms with Crippen LogP contribution in [-0.4, -0.2) is 48.1 Å². The van der Waals surface area contributed by atoms with Gasteiger partial charge in [-0.3, -0.25) is 0 Å². The largest absolute Gasteiger partial charge is 0.478 e. The van der Waals surface area contributed by atoms with E-state index in [9.17, 15) is 22.7 Å². The summed E-state index contributed by atoms with van der Waals surface area (Å²) in [6, 6.07) is 2.13. The lowest BCUT2D eigenvalue weighted by atomic mass is 10.1. The second-order valence-electron chi connectivity index (χ2n) is 4.90. The van der Waals surface area contributed by atoms with E-state index in [0.717, 1.165) is 22.9 Å². The minimum atomic E-state index is -4.09. The van der Waals surface area contributed by atoms with Gasteiger partial charge in [0.1, 0.15) is 10.7 Å². The molecule has 0 spiro atoms. The van der Waals surface area contributed by atoms with E-state index in [2.05, 4.69) is 0 Å². The zero-order chi connectivity index (χ0) is 15.6. The maximum Gasteiger partial charge on any atom is 0.335 e. The van der Waals surface area contributed by atoms with Crippen LogP contribution in [0.4, 0.5) is 4.39 Å². The average molecular weight is 317 g/mol. The van der Waals surface area contributed by atoms with E-state index >= 15 is 0 Å². The molecule has 1 saturated heterocycles. The van der Waals surface area contributed by atoms with E-state index in [1.807, 2.05) is 0 Å². The van der Waals surface area contributed by atoms with Gasteiger partial charge in [0.05, 0.1) is 12.2 Å². The number of rotatable bonds is 4. The van der Waals surface area contributed by atoms with Crippen LogP contribution in [-0.2, 0) is 10.0 Å². The second-order valence-corrected chi connectivity index (χ2v) is 6.76. The molecule has 0 aliphatic carbocycles. The molecule has 1 heterocycles. The first-order valence-electron chi connectivity index (χ1n) is 6.53. The Morgan fingerprint density at radius 2 is 2.10 bits per heavy atom. The molecular weight excluding hydrogens is 301 g/mol. The molecule has 2 N–H and O–H groups in total. The lowest BCUT2D eigenvalue weighted by Gasteiger charge is -2.33. The van der Waals surface area contributed by atoms with Gasteiger partial charge in [-0.1, -0.05) is 6.42 Å². The number of halogens is 1. The molecule has 1 fully saturated rings. The highest BCUT2D eigenvalue weighted by molar-refractivity contribution is 7.89. The van der Waals surface area contributed by atoms with Crippen LogP contribution in [0.25, 0.3) is 0 Å². The number of carbonyl (C=O) groups is 1. The molecule has 1 aliphatic rings. The number of aliphatic hydroxyl groups is 1. The average Bonchev–Trinajstić information content (AvgIpc) is 2.46. The number of carboxylic acids is 1. The van der Waals surface area contributed by atoms with Gasteiger partial charge in [-0.2, -0.15) is 4.31 Å². The molecule has 0 aromatic heterocycles. The molecule has 1 aliphatic heterocycles. The fourth-order valence-corrected chi connectivity index (χ4v) is 4.17. The van der Waals surface area contributed by atoms with Gasteiger partial charge in [0.25, 0.3) is 0 Å². The molecule has 6 nitrogen and oxygen atoms in total. The quantitative estimate of drug-likeness (QED) is 0.866. The first-order valence-corrected chi connectivity index (χ1v) is 7.97. The molecular formula is C13H16FNO5S. The molecule has 2 rings (SSSR count). The van der Waals surface area contributed by atoms with Crippen molar-refractivity contribution < 1.29 is 27.8 Å². The fourth-order valence-electron chi connectivity index (χ4n) is 2.44. The van der Waals surface area contributed by atoms with Crippen LogP contribution < -0.4 is 0 Å². The van der Waals surface area contributed by atoms with E-state index in [1.54, 1.807) is 0 Å². The lowest BCUT2D eigenvalue weighted by Crippen LogP contribution is -2.45. The Labute approximate surface area is 121 Å². The van der Waals surface area contributed by atoms with E-state index < -0.39 is 32.7 Å². The summed E-state index contributed by atoms with van der Waals surface area (Å²) in [5.41, 5.74) is -0.316. The predicted octanol–water partition coefficient (Wildman–Crippen LogP) is 1.06. The summed E-state index contributed by atoms with van der Waals surface area (Å²) in [5, 5.41) is 18.1. The minimum Gasteiger partial charge on any atom is -0.478 e. The molecule has 116 valence electrons. The van der Waals surface area contributed by atoms with Crippen molar-refractivity contribution in [3.63, 3.8) is 0 Å². The fraction of sp³-hybridized carbons (Fsp3) is 0.462. The molecule has 1 unspecified atom stereocenters. The number of piperidine rings is 1. The SMILES string of the molecule is O=C(O)c1ccc(S(=O)(=O)N2CCCCC2CO)c(F)c1. The molecule has 1 aromatic rings. The molecule has 0 radical (unpaired) electrons. The smallest absolute Gasteiger partial charge is 0.335 e. The van der Waals surface area contributed by atoms with Gasteiger partial charge in [0.15, 0.2) is 0 Å². The Bertz CT molecular complexity index is 646. The maximum absolute atomic E-state index is 14.0. The first-order chi connectivity index (χ1) is 9.87. The normalized spacial score (nSPS) is 20.4. The van der Waals surface area contributed by atoms with E-state index in [1.165, 1.54) is 0 Å². The van der Waals surface area contributed by atoms with Crippen molar-refractivity contribution in [3.8, 4) is 0 Å². The number of hydrogen-bond donors (Lipinski definition) is 2. The number of aliphatic hydroxyl groups excluding tert-OH is 1. The third-order valence-corrected chi connectivity index (χ3v) is 5.53. The zero-order valence-electron chi connectivity index (χ0n) is 11.2.